The minimum absolute atomic E-state index is 0.277. The number of hydrogen-bond donors (Lipinski definition) is 2. The minimum atomic E-state index is 0.277. The average molecular weight is 353 g/mol. The number of benzene rings is 2. The smallest absolute Gasteiger partial charge is 0.0431 e. The Morgan fingerprint density at radius 3 is 2.38 bits per heavy atom. The summed E-state index contributed by atoms with van der Waals surface area (Å²) in [4.78, 5) is 0. The Kier molecular flexibility index (Phi) is 7.28. The highest BCUT2D eigenvalue weighted by atomic mass is 16.3. The van der Waals surface area contributed by atoms with E-state index in [9.17, 15) is 5.11 Å². The van der Waals surface area contributed by atoms with Crippen LogP contribution in [-0.4, -0.2) is 23.4 Å². The molecular weight excluding hydrogens is 320 g/mol. The van der Waals surface area contributed by atoms with Crippen LogP contribution >= 0.6 is 0 Å². The van der Waals surface area contributed by atoms with Gasteiger partial charge in [0.15, 0.2) is 0 Å². The molecule has 0 fully saturated rings. The zero-order chi connectivity index (χ0) is 18.2. The second-order valence-electron chi connectivity index (χ2n) is 7.69. The molecule has 140 valence electrons. The van der Waals surface area contributed by atoms with Crippen molar-refractivity contribution in [1.82, 2.24) is 0 Å². The van der Waals surface area contributed by atoms with E-state index in [1.807, 2.05) is 0 Å². The number of rotatable bonds is 9. The van der Waals surface area contributed by atoms with Crippen molar-refractivity contribution in [1.29, 1.82) is 0 Å². The zero-order valence-corrected chi connectivity index (χ0v) is 15.7. The van der Waals surface area contributed by atoms with Crippen LogP contribution in [0.15, 0.2) is 48.5 Å². The van der Waals surface area contributed by atoms with Crippen molar-refractivity contribution in [3.8, 4) is 0 Å². The maximum Gasteiger partial charge on any atom is 0.0431 e. The fourth-order valence-corrected chi connectivity index (χ4v) is 4.52. The summed E-state index contributed by atoms with van der Waals surface area (Å²) in [6.07, 6.45) is 8.55. The molecule has 0 amide bonds. The van der Waals surface area contributed by atoms with Crippen molar-refractivity contribution in [3.05, 3.63) is 70.8 Å². The van der Waals surface area contributed by atoms with E-state index in [1.165, 1.54) is 41.5 Å². The lowest BCUT2D eigenvalue weighted by atomic mass is 9.71. The van der Waals surface area contributed by atoms with Gasteiger partial charge >= 0.3 is 0 Å². The molecule has 0 saturated carbocycles. The third-order valence-electron chi connectivity index (χ3n) is 5.87. The highest BCUT2D eigenvalue weighted by Crippen LogP contribution is 2.42. The summed E-state index contributed by atoms with van der Waals surface area (Å²) < 4.78 is 0. The Labute approximate surface area is 157 Å². The van der Waals surface area contributed by atoms with Crippen molar-refractivity contribution in [3.63, 3.8) is 0 Å². The van der Waals surface area contributed by atoms with Gasteiger partial charge in [0.2, 0.25) is 0 Å². The third kappa shape index (κ3) is 4.96. The summed E-state index contributed by atoms with van der Waals surface area (Å²) in [5.41, 5.74) is 5.77. The molecule has 2 unspecified atom stereocenters. The number of unbranched alkanes of at least 4 members (excludes halogenated alkanes) is 1. The Morgan fingerprint density at radius 2 is 1.62 bits per heavy atom. The summed E-state index contributed by atoms with van der Waals surface area (Å²) >= 11 is 0. The van der Waals surface area contributed by atoms with Crippen molar-refractivity contribution in [2.75, 3.05) is 13.2 Å². The second kappa shape index (κ2) is 9.89. The SMILES string of the molecule is OCCCCC1CCc2ccc(Cc3ccccc3)cc2C1CCCO. The average Bonchev–Trinajstić information content (AvgIpc) is 2.68. The molecule has 0 heterocycles. The van der Waals surface area contributed by atoms with Crippen molar-refractivity contribution < 1.29 is 10.2 Å². The molecule has 2 atom stereocenters. The van der Waals surface area contributed by atoms with E-state index in [4.69, 9.17) is 5.11 Å². The van der Waals surface area contributed by atoms with Crippen LogP contribution in [0.1, 0.15) is 66.7 Å². The molecule has 0 radical (unpaired) electrons. The number of fused-ring (bicyclic) bond motifs is 1. The monoisotopic (exact) mass is 352 g/mol. The molecule has 0 spiro atoms. The van der Waals surface area contributed by atoms with Gasteiger partial charge in [0.05, 0.1) is 0 Å². The normalized spacial score (nSPS) is 19.3. The maximum absolute atomic E-state index is 9.36. The summed E-state index contributed by atoms with van der Waals surface area (Å²) in [5, 5.41) is 18.5. The molecule has 2 nitrogen and oxygen atoms in total. The van der Waals surface area contributed by atoms with Crippen LogP contribution in [0.25, 0.3) is 0 Å². The summed E-state index contributed by atoms with van der Waals surface area (Å²) in [5.74, 6) is 1.24. The molecule has 0 saturated heterocycles. The van der Waals surface area contributed by atoms with Gasteiger partial charge in [-0.25, -0.2) is 0 Å². The molecular formula is C24H32O2. The maximum atomic E-state index is 9.36. The van der Waals surface area contributed by atoms with Gasteiger partial charge in [-0.3, -0.25) is 0 Å². The molecule has 0 bridgehead atoms. The Bertz CT molecular complexity index is 665. The van der Waals surface area contributed by atoms with Crippen LogP contribution in [-0.2, 0) is 12.8 Å². The van der Waals surface area contributed by atoms with Crippen LogP contribution < -0.4 is 0 Å². The van der Waals surface area contributed by atoms with Crippen LogP contribution in [0.4, 0.5) is 0 Å². The number of aliphatic hydroxyl groups excluding tert-OH is 2. The first-order chi connectivity index (χ1) is 12.8. The van der Waals surface area contributed by atoms with Gasteiger partial charge in [0.25, 0.3) is 0 Å². The van der Waals surface area contributed by atoms with Crippen molar-refractivity contribution in [2.24, 2.45) is 5.92 Å². The highest BCUT2D eigenvalue weighted by Gasteiger charge is 2.28. The van der Waals surface area contributed by atoms with Gasteiger partial charge in [-0.05, 0) is 79.0 Å². The summed E-state index contributed by atoms with van der Waals surface area (Å²) in [7, 11) is 0. The largest absolute Gasteiger partial charge is 0.396 e. The Hall–Kier alpha value is -1.64. The summed E-state index contributed by atoms with van der Waals surface area (Å²) in [6.45, 7) is 0.574. The van der Waals surface area contributed by atoms with E-state index in [0.29, 0.717) is 18.4 Å². The van der Waals surface area contributed by atoms with E-state index >= 15 is 0 Å². The predicted molar refractivity (Wildman–Crippen MR) is 107 cm³/mol. The molecule has 0 aromatic heterocycles. The Morgan fingerprint density at radius 1 is 0.808 bits per heavy atom. The lowest BCUT2D eigenvalue weighted by Crippen LogP contribution is -2.22. The van der Waals surface area contributed by atoms with E-state index in [-0.39, 0.29) is 6.61 Å². The van der Waals surface area contributed by atoms with E-state index < -0.39 is 0 Å². The fraction of sp³-hybridized carbons (Fsp3) is 0.500. The van der Waals surface area contributed by atoms with Gasteiger partial charge in [0.1, 0.15) is 0 Å². The lowest BCUT2D eigenvalue weighted by Gasteiger charge is -2.34. The molecule has 26 heavy (non-hydrogen) atoms. The topological polar surface area (TPSA) is 40.5 Å². The molecule has 2 aromatic rings. The number of aryl methyl sites for hydroxylation is 1. The lowest BCUT2D eigenvalue weighted by molar-refractivity contribution is 0.247. The molecule has 2 aromatic carbocycles. The van der Waals surface area contributed by atoms with Gasteiger partial charge in [-0.1, -0.05) is 55.0 Å². The van der Waals surface area contributed by atoms with Gasteiger partial charge in [-0.15, -0.1) is 0 Å². The van der Waals surface area contributed by atoms with Gasteiger partial charge in [0, 0.05) is 13.2 Å². The second-order valence-corrected chi connectivity index (χ2v) is 7.69. The number of aliphatic hydroxyl groups is 2. The molecule has 2 heteroatoms. The first-order valence-electron chi connectivity index (χ1n) is 10.2. The van der Waals surface area contributed by atoms with Crippen LogP contribution in [0.5, 0.6) is 0 Å². The van der Waals surface area contributed by atoms with Crippen LogP contribution in [0.3, 0.4) is 0 Å². The van der Waals surface area contributed by atoms with E-state index in [1.54, 1.807) is 0 Å². The molecule has 1 aliphatic rings. The van der Waals surface area contributed by atoms with Gasteiger partial charge in [-0.2, -0.15) is 0 Å². The quantitative estimate of drug-likeness (QED) is 0.633. The zero-order valence-electron chi connectivity index (χ0n) is 15.7. The van der Waals surface area contributed by atoms with Crippen molar-refractivity contribution >= 4 is 0 Å². The van der Waals surface area contributed by atoms with Crippen LogP contribution in [0, 0.1) is 5.92 Å². The molecule has 0 aliphatic heterocycles. The predicted octanol–water partition coefficient (Wildman–Crippen LogP) is 4.86. The third-order valence-corrected chi connectivity index (χ3v) is 5.87. The minimum Gasteiger partial charge on any atom is -0.396 e. The van der Waals surface area contributed by atoms with E-state index in [0.717, 1.165) is 32.1 Å². The van der Waals surface area contributed by atoms with Crippen LogP contribution in [0.2, 0.25) is 0 Å². The highest BCUT2D eigenvalue weighted by molar-refractivity contribution is 5.39. The summed E-state index contributed by atoms with van der Waals surface area (Å²) in [6, 6.07) is 17.7. The number of hydrogen-bond acceptors (Lipinski definition) is 2. The van der Waals surface area contributed by atoms with Gasteiger partial charge < -0.3 is 10.2 Å². The standard InChI is InChI=1S/C24H32O2/c25-15-5-4-9-21-13-14-22-12-11-20(17-19-7-2-1-3-8-19)18-24(22)23(21)10-6-16-26/h1-3,7-8,11-12,18,21,23,25-26H,4-6,9-10,13-17H2. The first-order valence-corrected chi connectivity index (χ1v) is 10.2. The fourth-order valence-electron chi connectivity index (χ4n) is 4.52. The molecule has 1 aliphatic carbocycles. The first kappa shape index (κ1) is 19.1. The molecule has 2 N–H and O–H groups in total. The van der Waals surface area contributed by atoms with Crippen molar-refractivity contribution in [2.45, 2.75) is 57.3 Å². The van der Waals surface area contributed by atoms with E-state index in [2.05, 4.69) is 48.5 Å². The molecule has 3 rings (SSSR count). The Balaban J connectivity index is 1.80.